The third-order valence-electron chi connectivity index (χ3n) is 3.60. The molecule has 0 bridgehead atoms. The fourth-order valence-electron chi connectivity index (χ4n) is 2.50. The van der Waals surface area contributed by atoms with E-state index >= 15 is 0 Å². The van der Waals surface area contributed by atoms with Gasteiger partial charge in [0.25, 0.3) is 0 Å². The minimum atomic E-state index is -1.81. The van der Waals surface area contributed by atoms with Crippen molar-refractivity contribution in [2.45, 2.75) is 0 Å². The van der Waals surface area contributed by atoms with Gasteiger partial charge in [0.15, 0.2) is 0 Å². The Hall–Kier alpha value is -2.82. The molecule has 118 valence electrons. The summed E-state index contributed by atoms with van der Waals surface area (Å²) in [6.45, 7) is 0. The molecule has 3 aromatic rings. The van der Waals surface area contributed by atoms with Gasteiger partial charge in [0.2, 0.25) is 0 Å². The van der Waals surface area contributed by atoms with E-state index in [1.165, 1.54) is 0 Å². The van der Waals surface area contributed by atoms with E-state index in [4.69, 9.17) is 14.7 Å². The van der Waals surface area contributed by atoms with E-state index in [-0.39, 0.29) is 0 Å². The Morgan fingerprint density at radius 2 is 1.21 bits per heavy atom. The van der Waals surface area contributed by atoms with Crippen LogP contribution in [0.25, 0.3) is 11.6 Å². The topological polar surface area (TPSA) is 49.7 Å². The fraction of sp³-hybridized carbons (Fsp3) is 0. The van der Waals surface area contributed by atoms with Crippen molar-refractivity contribution in [1.29, 1.82) is 0 Å². The van der Waals surface area contributed by atoms with Crippen LogP contribution >= 0.6 is 0 Å². The first-order valence-electron chi connectivity index (χ1n) is 7.68. The molecule has 0 aliphatic heterocycles. The highest BCUT2D eigenvalue weighted by atomic mass is 16.6. The highest BCUT2D eigenvalue weighted by Gasteiger charge is 2.10. The van der Waals surface area contributed by atoms with Crippen molar-refractivity contribution in [2.24, 2.45) is 0 Å². The number of hydrogen-bond acceptors (Lipinski definition) is 3. The maximum Gasteiger partial charge on any atom is 0.707 e. The molecule has 2 N–H and O–H groups in total. The quantitative estimate of drug-likeness (QED) is 0.558. The van der Waals surface area contributed by atoms with Gasteiger partial charge in [-0.3, -0.25) is 0 Å². The molecule has 0 aliphatic carbocycles. The van der Waals surface area contributed by atoms with E-state index in [0.29, 0.717) is 5.75 Å². The summed E-state index contributed by atoms with van der Waals surface area (Å²) in [6.07, 6.45) is 2.10. The predicted octanol–water partition coefficient (Wildman–Crippen LogP) is 3.62. The molecule has 0 aliphatic rings. The lowest BCUT2D eigenvalue weighted by Gasteiger charge is -2.09. The van der Waals surface area contributed by atoms with Crippen molar-refractivity contribution in [3.05, 3.63) is 102 Å². The Labute approximate surface area is 141 Å². The van der Waals surface area contributed by atoms with Crippen molar-refractivity contribution in [2.75, 3.05) is 0 Å². The van der Waals surface area contributed by atoms with E-state index < -0.39 is 7.32 Å². The molecule has 24 heavy (non-hydrogen) atoms. The molecule has 0 heterocycles. The van der Waals surface area contributed by atoms with Gasteiger partial charge in [-0.15, -0.1) is 0 Å². The second-order valence-corrected chi connectivity index (χ2v) is 5.30. The maximum atomic E-state index is 8.84. The summed E-state index contributed by atoms with van der Waals surface area (Å²) in [4.78, 5) is 0. The van der Waals surface area contributed by atoms with Crippen LogP contribution in [-0.4, -0.2) is 17.4 Å². The van der Waals surface area contributed by atoms with Crippen LogP contribution in [-0.2, 0) is 0 Å². The Bertz CT molecular complexity index is 756. The van der Waals surface area contributed by atoms with Crippen LogP contribution in [0, 0.1) is 0 Å². The smallest absolute Gasteiger partial charge is 0.512 e. The predicted molar refractivity (Wildman–Crippen MR) is 97.1 cm³/mol. The third kappa shape index (κ3) is 4.13. The van der Waals surface area contributed by atoms with E-state index in [2.05, 4.69) is 30.3 Å². The Morgan fingerprint density at radius 3 is 1.67 bits per heavy atom. The summed E-state index contributed by atoms with van der Waals surface area (Å²) < 4.78 is 4.83. The van der Waals surface area contributed by atoms with Gasteiger partial charge in [0, 0.05) is 0 Å². The Morgan fingerprint density at radius 1 is 0.708 bits per heavy atom. The molecule has 3 aromatic carbocycles. The van der Waals surface area contributed by atoms with Gasteiger partial charge in [-0.05, 0) is 40.5 Å². The van der Waals surface area contributed by atoms with Gasteiger partial charge >= 0.3 is 7.32 Å². The molecule has 0 atom stereocenters. The second-order valence-electron chi connectivity index (χ2n) is 5.30. The molecule has 3 rings (SSSR count). The van der Waals surface area contributed by atoms with E-state index in [1.54, 1.807) is 12.1 Å². The summed E-state index contributed by atoms with van der Waals surface area (Å²) in [5, 5.41) is 17.7. The third-order valence-corrected chi connectivity index (χ3v) is 3.60. The van der Waals surface area contributed by atoms with Crippen LogP contribution in [0.5, 0.6) is 5.75 Å². The summed E-state index contributed by atoms with van der Waals surface area (Å²) in [6, 6.07) is 27.6. The molecule has 0 fully saturated rings. The fourth-order valence-corrected chi connectivity index (χ4v) is 2.50. The largest absolute Gasteiger partial charge is 0.707 e. The average Bonchev–Trinajstić information content (AvgIpc) is 2.62. The summed E-state index contributed by atoms with van der Waals surface area (Å²) in [5.41, 5.74) is 4.38. The van der Waals surface area contributed by atoms with Crippen LogP contribution < -0.4 is 4.65 Å². The molecule has 0 amide bonds. The summed E-state index contributed by atoms with van der Waals surface area (Å²) in [5.74, 6) is 0.406. The standard InChI is InChI=1S/C20H17BO3/c22-21(23)24-19-13-11-16(12-14-19)15-20(17-7-3-1-4-8-17)18-9-5-2-6-10-18/h1-15,22-23H. The number of hydrogen-bond donors (Lipinski definition) is 2. The van der Waals surface area contributed by atoms with E-state index in [9.17, 15) is 0 Å². The van der Waals surface area contributed by atoms with Crippen LogP contribution in [0.4, 0.5) is 0 Å². The summed E-state index contributed by atoms with van der Waals surface area (Å²) >= 11 is 0. The first-order valence-corrected chi connectivity index (χ1v) is 7.68. The first-order chi connectivity index (χ1) is 11.7. The van der Waals surface area contributed by atoms with E-state index in [1.807, 2.05) is 48.5 Å². The summed E-state index contributed by atoms with van der Waals surface area (Å²) in [7, 11) is -1.81. The van der Waals surface area contributed by atoms with E-state index in [0.717, 1.165) is 22.3 Å². The van der Waals surface area contributed by atoms with Crippen molar-refractivity contribution in [3.8, 4) is 5.75 Å². The van der Waals surface area contributed by atoms with Crippen molar-refractivity contribution in [1.82, 2.24) is 0 Å². The molecule has 3 nitrogen and oxygen atoms in total. The van der Waals surface area contributed by atoms with Gasteiger partial charge in [0.1, 0.15) is 5.75 Å². The van der Waals surface area contributed by atoms with Crippen molar-refractivity contribution >= 4 is 19.0 Å². The van der Waals surface area contributed by atoms with Crippen LogP contribution in [0.2, 0.25) is 0 Å². The molecule has 4 heteroatoms. The number of benzene rings is 3. The minimum Gasteiger partial charge on any atom is -0.512 e. The minimum absolute atomic E-state index is 0.406. The normalized spacial score (nSPS) is 10.1. The Kier molecular flexibility index (Phi) is 5.11. The second kappa shape index (κ2) is 7.64. The van der Waals surface area contributed by atoms with Crippen LogP contribution in [0.3, 0.4) is 0 Å². The highest BCUT2D eigenvalue weighted by molar-refractivity contribution is 6.33. The average molecular weight is 316 g/mol. The first kappa shape index (κ1) is 16.1. The molecule has 0 radical (unpaired) electrons. The van der Waals surface area contributed by atoms with Crippen LogP contribution in [0.1, 0.15) is 16.7 Å². The van der Waals surface area contributed by atoms with Gasteiger partial charge in [0.05, 0.1) is 0 Å². The zero-order valence-corrected chi connectivity index (χ0v) is 13.0. The Balaban J connectivity index is 1.98. The van der Waals surface area contributed by atoms with Crippen molar-refractivity contribution in [3.63, 3.8) is 0 Å². The molecular weight excluding hydrogens is 299 g/mol. The van der Waals surface area contributed by atoms with Gasteiger partial charge in [-0.2, -0.15) is 0 Å². The van der Waals surface area contributed by atoms with Gasteiger partial charge < -0.3 is 14.7 Å². The molecule has 0 spiro atoms. The molecule has 0 aromatic heterocycles. The maximum absolute atomic E-state index is 8.84. The lowest BCUT2D eigenvalue weighted by atomic mass is 9.96. The molecule has 0 unspecified atom stereocenters. The molecule has 0 saturated heterocycles. The lowest BCUT2D eigenvalue weighted by Crippen LogP contribution is -2.20. The highest BCUT2D eigenvalue weighted by Crippen LogP contribution is 2.26. The molecular formula is C20H17BO3. The van der Waals surface area contributed by atoms with Gasteiger partial charge in [-0.1, -0.05) is 72.8 Å². The number of rotatable bonds is 5. The monoisotopic (exact) mass is 316 g/mol. The van der Waals surface area contributed by atoms with Gasteiger partial charge in [-0.25, -0.2) is 0 Å². The SMILES string of the molecule is OB(O)Oc1ccc(C=C(c2ccccc2)c2ccccc2)cc1. The van der Waals surface area contributed by atoms with Crippen molar-refractivity contribution < 1.29 is 14.7 Å². The molecule has 0 saturated carbocycles. The van der Waals surface area contributed by atoms with Crippen LogP contribution in [0.15, 0.2) is 84.9 Å². The zero-order valence-electron chi connectivity index (χ0n) is 13.0. The zero-order chi connectivity index (χ0) is 16.8. The lowest BCUT2D eigenvalue weighted by molar-refractivity contribution is 0.288.